The second-order valence-corrected chi connectivity index (χ2v) is 5.60. The summed E-state index contributed by atoms with van der Waals surface area (Å²) in [6, 6.07) is 5.63. The Morgan fingerprint density at radius 1 is 1.36 bits per heavy atom. The molecule has 1 aromatic carbocycles. The summed E-state index contributed by atoms with van der Waals surface area (Å²) in [5.74, 6) is 2.72. The van der Waals surface area contributed by atoms with Crippen molar-refractivity contribution in [2.24, 2.45) is 5.92 Å². The molecule has 0 aliphatic heterocycles. The first-order valence-corrected chi connectivity index (χ1v) is 7.48. The van der Waals surface area contributed by atoms with E-state index in [0.29, 0.717) is 17.6 Å². The van der Waals surface area contributed by atoms with Crippen molar-refractivity contribution in [2.45, 2.75) is 19.8 Å². The van der Waals surface area contributed by atoms with E-state index in [2.05, 4.69) is 20.6 Å². The van der Waals surface area contributed by atoms with Crippen LogP contribution in [0.3, 0.4) is 0 Å². The van der Waals surface area contributed by atoms with E-state index in [1.165, 1.54) is 12.8 Å². The Kier molecular flexibility index (Phi) is 4.09. The van der Waals surface area contributed by atoms with Crippen molar-refractivity contribution < 1.29 is 9.53 Å². The molecular weight excluding hydrogens is 280 g/mol. The number of hydrogen-bond acceptors (Lipinski definition) is 5. The van der Waals surface area contributed by atoms with Crippen LogP contribution in [0.5, 0.6) is 5.75 Å². The lowest BCUT2D eigenvalue weighted by Gasteiger charge is -2.11. The van der Waals surface area contributed by atoms with Gasteiger partial charge in [-0.3, -0.25) is 4.79 Å². The van der Waals surface area contributed by atoms with Crippen molar-refractivity contribution in [1.29, 1.82) is 0 Å². The summed E-state index contributed by atoms with van der Waals surface area (Å²) in [4.78, 5) is 20.6. The predicted octanol–water partition coefficient (Wildman–Crippen LogP) is 1.88. The highest BCUT2D eigenvalue weighted by Gasteiger charge is 2.21. The van der Waals surface area contributed by atoms with Crippen LogP contribution < -0.4 is 15.4 Å². The Morgan fingerprint density at radius 3 is 2.91 bits per heavy atom. The number of nitrogens with zero attached hydrogens (tertiary/aromatic N) is 2. The standard InChI is InChI=1S/C16H20N4O2/c1-10-19-14-6-5-12(22-2)7-13(14)16(20-10)18-9-15(21)17-8-11-3-4-11/h5-7,11H,3-4,8-9H2,1-2H3,(H,17,21)(H,18,19,20). The Labute approximate surface area is 129 Å². The zero-order valence-electron chi connectivity index (χ0n) is 12.8. The molecule has 1 heterocycles. The first-order valence-electron chi connectivity index (χ1n) is 7.48. The number of fused-ring (bicyclic) bond motifs is 1. The van der Waals surface area contributed by atoms with E-state index in [-0.39, 0.29) is 12.5 Å². The van der Waals surface area contributed by atoms with Crippen LogP contribution >= 0.6 is 0 Å². The van der Waals surface area contributed by atoms with Crippen LogP contribution in [-0.4, -0.2) is 36.1 Å². The monoisotopic (exact) mass is 300 g/mol. The molecule has 0 unspecified atom stereocenters. The third-order valence-corrected chi connectivity index (χ3v) is 3.72. The topological polar surface area (TPSA) is 76.1 Å². The summed E-state index contributed by atoms with van der Waals surface area (Å²) in [5.41, 5.74) is 0.828. The second kappa shape index (κ2) is 6.17. The maximum atomic E-state index is 11.9. The number of nitrogens with one attached hydrogen (secondary N) is 2. The average Bonchev–Trinajstić information content (AvgIpc) is 3.34. The lowest BCUT2D eigenvalue weighted by molar-refractivity contribution is -0.119. The lowest BCUT2D eigenvalue weighted by Crippen LogP contribution is -2.31. The maximum absolute atomic E-state index is 11.9. The number of carbonyl (C=O) groups is 1. The van der Waals surface area contributed by atoms with E-state index in [4.69, 9.17) is 4.74 Å². The SMILES string of the molecule is COc1ccc2nc(C)nc(NCC(=O)NCC3CC3)c2c1. The van der Waals surface area contributed by atoms with Crippen LogP contribution in [0.25, 0.3) is 10.9 Å². The molecule has 2 N–H and O–H groups in total. The Balaban J connectivity index is 1.74. The summed E-state index contributed by atoms with van der Waals surface area (Å²) in [6.45, 7) is 2.81. The van der Waals surface area contributed by atoms with Crippen molar-refractivity contribution in [3.63, 3.8) is 0 Å². The molecule has 116 valence electrons. The molecule has 2 aromatic rings. The van der Waals surface area contributed by atoms with Crippen LogP contribution in [0, 0.1) is 12.8 Å². The molecule has 0 bridgehead atoms. The van der Waals surface area contributed by atoms with Gasteiger partial charge in [0.15, 0.2) is 0 Å². The highest BCUT2D eigenvalue weighted by Crippen LogP contribution is 2.27. The summed E-state index contributed by atoms with van der Waals surface area (Å²) in [5, 5.41) is 6.88. The van der Waals surface area contributed by atoms with Gasteiger partial charge in [0.1, 0.15) is 17.4 Å². The largest absolute Gasteiger partial charge is 0.497 e. The summed E-state index contributed by atoms with van der Waals surface area (Å²) >= 11 is 0. The van der Waals surface area contributed by atoms with Crippen LogP contribution in [0.2, 0.25) is 0 Å². The summed E-state index contributed by atoms with van der Waals surface area (Å²) in [7, 11) is 1.62. The van der Waals surface area contributed by atoms with Gasteiger partial charge in [0.2, 0.25) is 5.91 Å². The number of rotatable bonds is 6. The van der Waals surface area contributed by atoms with Crippen molar-refractivity contribution in [2.75, 3.05) is 25.5 Å². The number of methoxy groups -OCH3 is 1. The molecule has 22 heavy (non-hydrogen) atoms. The first kappa shape index (κ1) is 14.6. The van der Waals surface area contributed by atoms with Gasteiger partial charge in [-0.25, -0.2) is 9.97 Å². The number of carbonyl (C=O) groups excluding carboxylic acids is 1. The van der Waals surface area contributed by atoms with Gasteiger partial charge in [-0.1, -0.05) is 0 Å². The molecule has 1 aliphatic rings. The van der Waals surface area contributed by atoms with Crippen molar-refractivity contribution in [3.05, 3.63) is 24.0 Å². The highest BCUT2D eigenvalue weighted by atomic mass is 16.5. The van der Waals surface area contributed by atoms with Gasteiger partial charge < -0.3 is 15.4 Å². The average molecular weight is 300 g/mol. The fourth-order valence-corrected chi connectivity index (χ4v) is 2.29. The van der Waals surface area contributed by atoms with Crippen LogP contribution in [-0.2, 0) is 4.79 Å². The molecule has 0 atom stereocenters. The molecular formula is C16H20N4O2. The minimum atomic E-state index is -0.0146. The minimum Gasteiger partial charge on any atom is -0.497 e. The van der Waals surface area contributed by atoms with Crippen molar-refractivity contribution >= 4 is 22.6 Å². The van der Waals surface area contributed by atoms with Crippen LogP contribution in [0.4, 0.5) is 5.82 Å². The Bertz CT molecular complexity index is 698. The minimum absolute atomic E-state index is 0.0146. The predicted molar refractivity (Wildman–Crippen MR) is 85.1 cm³/mol. The molecule has 0 radical (unpaired) electrons. The van der Waals surface area contributed by atoms with E-state index in [0.717, 1.165) is 23.2 Å². The molecule has 3 rings (SSSR count). The molecule has 1 aromatic heterocycles. The van der Waals surface area contributed by atoms with Crippen LogP contribution in [0.15, 0.2) is 18.2 Å². The van der Waals surface area contributed by atoms with Gasteiger partial charge in [0, 0.05) is 11.9 Å². The smallest absolute Gasteiger partial charge is 0.239 e. The zero-order valence-corrected chi connectivity index (χ0v) is 12.8. The number of aryl methyl sites for hydroxylation is 1. The number of aromatic nitrogens is 2. The van der Waals surface area contributed by atoms with E-state index >= 15 is 0 Å². The fourth-order valence-electron chi connectivity index (χ4n) is 2.29. The molecule has 6 nitrogen and oxygen atoms in total. The molecule has 6 heteroatoms. The molecule has 1 fully saturated rings. The second-order valence-electron chi connectivity index (χ2n) is 5.60. The number of ether oxygens (including phenoxy) is 1. The van der Waals surface area contributed by atoms with E-state index in [1.807, 2.05) is 25.1 Å². The van der Waals surface area contributed by atoms with E-state index in [1.54, 1.807) is 7.11 Å². The quantitative estimate of drug-likeness (QED) is 0.852. The molecule has 1 amide bonds. The first-order chi connectivity index (χ1) is 10.7. The van der Waals surface area contributed by atoms with E-state index < -0.39 is 0 Å². The van der Waals surface area contributed by atoms with E-state index in [9.17, 15) is 4.79 Å². The zero-order chi connectivity index (χ0) is 15.5. The fraction of sp³-hybridized carbons (Fsp3) is 0.438. The van der Waals surface area contributed by atoms with Gasteiger partial charge in [0.25, 0.3) is 0 Å². The lowest BCUT2D eigenvalue weighted by atomic mass is 10.2. The van der Waals surface area contributed by atoms with Gasteiger partial charge >= 0.3 is 0 Å². The summed E-state index contributed by atoms with van der Waals surface area (Å²) in [6.07, 6.45) is 2.45. The molecule has 1 aliphatic carbocycles. The van der Waals surface area contributed by atoms with Gasteiger partial charge in [0.05, 0.1) is 19.2 Å². The van der Waals surface area contributed by atoms with Gasteiger partial charge in [-0.2, -0.15) is 0 Å². The van der Waals surface area contributed by atoms with Crippen LogP contribution in [0.1, 0.15) is 18.7 Å². The number of anilines is 1. The Hall–Kier alpha value is -2.37. The maximum Gasteiger partial charge on any atom is 0.239 e. The van der Waals surface area contributed by atoms with Crippen molar-refractivity contribution in [3.8, 4) is 5.75 Å². The number of benzene rings is 1. The van der Waals surface area contributed by atoms with Gasteiger partial charge in [-0.15, -0.1) is 0 Å². The molecule has 0 saturated heterocycles. The molecule has 1 saturated carbocycles. The number of amides is 1. The third-order valence-electron chi connectivity index (χ3n) is 3.72. The summed E-state index contributed by atoms with van der Waals surface area (Å²) < 4.78 is 5.24. The molecule has 0 spiro atoms. The normalized spacial score (nSPS) is 13.9. The highest BCUT2D eigenvalue weighted by molar-refractivity contribution is 5.92. The van der Waals surface area contributed by atoms with Crippen molar-refractivity contribution in [1.82, 2.24) is 15.3 Å². The van der Waals surface area contributed by atoms with Gasteiger partial charge in [-0.05, 0) is 43.9 Å². The Morgan fingerprint density at radius 2 is 2.18 bits per heavy atom. The third kappa shape index (κ3) is 3.44. The number of hydrogen-bond donors (Lipinski definition) is 2.